The lowest BCUT2D eigenvalue weighted by Gasteiger charge is -2.15. The fraction of sp³-hybridized carbons (Fsp3) is 0.417. The Kier molecular flexibility index (Phi) is 2.66. The molecule has 0 bridgehead atoms. The summed E-state index contributed by atoms with van der Waals surface area (Å²) in [7, 11) is 1.25. The van der Waals surface area contributed by atoms with E-state index in [2.05, 4.69) is 4.74 Å². The van der Waals surface area contributed by atoms with E-state index < -0.39 is 17.3 Å². The number of benzene rings is 1. The molecule has 0 spiro atoms. The van der Waals surface area contributed by atoms with E-state index in [4.69, 9.17) is 5.73 Å². The normalized spacial score (nSPS) is 25.4. The maximum Gasteiger partial charge on any atom is 0.337 e. The molecule has 1 aromatic rings. The maximum atomic E-state index is 13.4. The first-order valence-corrected chi connectivity index (χ1v) is 5.23. The lowest BCUT2D eigenvalue weighted by Crippen LogP contribution is -2.27. The molecule has 1 atom stereocenters. The van der Waals surface area contributed by atoms with Gasteiger partial charge in [-0.2, -0.15) is 0 Å². The van der Waals surface area contributed by atoms with Crippen LogP contribution in [0.15, 0.2) is 24.3 Å². The van der Waals surface area contributed by atoms with Crippen LogP contribution in [0.3, 0.4) is 0 Å². The van der Waals surface area contributed by atoms with Crippen LogP contribution in [0.1, 0.15) is 22.3 Å². The maximum absolute atomic E-state index is 13.4. The van der Waals surface area contributed by atoms with E-state index in [0.717, 1.165) is 0 Å². The third-order valence-corrected chi connectivity index (χ3v) is 3.28. The quantitative estimate of drug-likeness (QED) is 0.819. The zero-order valence-electron chi connectivity index (χ0n) is 9.37. The van der Waals surface area contributed by atoms with E-state index in [1.807, 2.05) is 0 Å². The molecule has 0 aliphatic heterocycles. The van der Waals surface area contributed by atoms with Crippen molar-refractivity contribution in [2.45, 2.75) is 17.8 Å². The second-order valence-electron chi connectivity index (χ2n) is 4.24. The van der Waals surface area contributed by atoms with Crippen molar-refractivity contribution >= 4 is 5.97 Å². The van der Waals surface area contributed by atoms with Gasteiger partial charge in [0.25, 0.3) is 5.92 Å². The van der Waals surface area contributed by atoms with E-state index in [0.29, 0.717) is 5.56 Å². The van der Waals surface area contributed by atoms with Crippen LogP contribution in [-0.2, 0) is 10.2 Å². The summed E-state index contributed by atoms with van der Waals surface area (Å²) in [4.78, 5) is 11.3. The lowest BCUT2D eigenvalue weighted by atomic mass is 9.94. The molecule has 92 valence electrons. The molecule has 0 amide bonds. The summed E-state index contributed by atoms with van der Waals surface area (Å²) in [6, 6.07) is 6.09. The highest BCUT2D eigenvalue weighted by atomic mass is 19.3. The number of hydrogen-bond acceptors (Lipinski definition) is 3. The zero-order chi connectivity index (χ0) is 12.7. The van der Waals surface area contributed by atoms with Gasteiger partial charge in [-0.1, -0.05) is 12.1 Å². The van der Waals surface area contributed by atoms with E-state index in [1.165, 1.54) is 19.2 Å². The third kappa shape index (κ3) is 1.70. The Morgan fingerprint density at radius 3 is 2.65 bits per heavy atom. The molecule has 0 aromatic heterocycles. The van der Waals surface area contributed by atoms with Gasteiger partial charge in [0.05, 0.1) is 18.1 Å². The number of methoxy groups -OCH3 is 1. The minimum Gasteiger partial charge on any atom is -0.465 e. The molecule has 1 aliphatic rings. The van der Waals surface area contributed by atoms with Crippen molar-refractivity contribution in [3.8, 4) is 0 Å². The highest BCUT2D eigenvalue weighted by Crippen LogP contribution is 2.60. The number of hydrogen-bond donors (Lipinski definition) is 1. The highest BCUT2D eigenvalue weighted by Gasteiger charge is 2.71. The summed E-state index contributed by atoms with van der Waals surface area (Å²) in [6.07, 6.45) is -0.263. The summed E-state index contributed by atoms with van der Waals surface area (Å²) in [5.41, 5.74) is 4.79. The second kappa shape index (κ2) is 3.77. The summed E-state index contributed by atoms with van der Waals surface area (Å²) >= 11 is 0. The number of halogens is 2. The van der Waals surface area contributed by atoms with Crippen LogP contribution in [0.5, 0.6) is 0 Å². The molecule has 2 rings (SSSR count). The monoisotopic (exact) mass is 241 g/mol. The Bertz CT molecular complexity index is 462. The minimum absolute atomic E-state index is 0.134. The molecular weight excluding hydrogens is 228 g/mol. The third-order valence-electron chi connectivity index (χ3n) is 3.28. The predicted octanol–water partition coefficient (Wildman–Crippen LogP) is 1.71. The van der Waals surface area contributed by atoms with Crippen molar-refractivity contribution in [2.75, 3.05) is 13.7 Å². The first-order chi connectivity index (χ1) is 7.97. The molecule has 5 heteroatoms. The zero-order valence-corrected chi connectivity index (χ0v) is 9.37. The van der Waals surface area contributed by atoms with Crippen molar-refractivity contribution in [1.82, 2.24) is 0 Å². The van der Waals surface area contributed by atoms with Gasteiger partial charge >= 0.3 is 5.97 Å². The van der Waals surface area contributed by atoms with Gasteiger partial charge in [0, 0.05) is 13.0 Å². The Labute approximate surface area is 97.6 Å². The molecular formula is C12H13F2NO2. The van der Waals surface area contributed by atoms with Gasteiger partial charge in [-0.05, 0) is 17.7 Å². The summed E-state index contributed by atoms with van der Waals surface area (Å²) in [5, 5.41) is 0. The largest absolute Gasteiger partial charge is 0.465 e. The summed E-state index contributed by atoms with van der Waals surface area (Å²) < 4.78 is 31.3. The lowest BCUT2D eigenvalue weighted by molar-refractivity contribution is 0.0599. The molecule has 1 unspecified atom stereocenters. The second-order valence-corrected chi connectivity index (χ2v) is 4.24. The number of rotatable bonds is 3. The van der Waals surface area contributed by atoms with Crippen LogP contribution in [0, 0.1) is 0 Å². The Hall–Kier alpha value is -1.49. The van der Waals surface area contributed by atoms with Gasteiger partial charge in [0.15, 0.2) is 0 Å². The van der Waals surface area contributed by atoms with Gasteiger partial charge in [0.1, 0.15) is 0 Å². The van der Waals surface area contributed by atoms with E-state index in [1.54, 1.807) is 12.1 Å². The van der Waals surface area contributed by atoms with Gasteiger partial charge in [-0.15, -0.1) is 0 Å². The molecule has 3 nitrogen and oxygen atoms in total. The Morgan fingerprint density at radius 2 is 2.18 bits per heavy atom. The van der Waals surface area contributed by atoms with Crippen LogP contribution in [0.2, 0.25) is 0 Å². The number of carbonyl (C=O) groups excluding carboxylic acids is 1. The summed E-state index contributed by atoms with van der Waals surface area (Å²) in [5.74, 6) is -3.32. The fourth-order valence-corrected chi connectivity index (χ4v) is 2.05. The first-order valence-electron chi connectivity index (χ1n) is 5.23. The molecule has 1 aliphatic carbocycles. The van der Waals surface area contributed by atoms with Crippen molar-refractivity contribution in [3.05, 3.63) is 35.4 Å². The molecule has 17 heavy (non-hydrogen) atoms. The van der Waals surface area contributed by atoms with Crippen LogP contribution < -0.4 is 5.73 Å². The Balaban J connectivity index is 2.38. The SMILES string of the molecule is COC(=O)c1cccc(C2(CN)CC2(F)F)c1. The van der Waals surface area contributed by atoms with Crippen molar-refractivity contribution in [3.63, 3.8) is 0 Å². The smallest absolute Gasteiger partial charge is 0.337 e. The molecule has 1 fully saturated rings. The average molecular weight is 241 g/mol. The molecule has 0 radical (unpaired) electrons. The predicted molar refractivity (Wildman–Crippen MR) is 58.1 cm³/mol. The topological polar surface area (TPSA) is 52.3 Å². The van der Waals surface area contributed by atoms with Gasteiger partial charge < -0.3 is 10.5 Å². The van der Waals surface area contributed by atoms with Crippen molar-refractivity contribution in [2.24, 2.45) is 5.73 Å². The number of carbonyl (C=O) groups is 1. The average Bonchev–Trinajstić information content (AvgIpc) is 2.92. The van der Waals surface area contributed by atoms with Crippen LogP contribution >= 0.6 is 0 Å². The molecule has 1 aromatic carbocycles. The molecule has 0 heterocycles. The molecule has 1 saturated carbocycles. The summed E-state index contributed by atoms with van der Waals surface area (Å²) in [6.45, 7) is -0.134. The fourth-order valence-electron chi connectivity index (χ4n) is 2.05. The van der Waals surface area contributed by atoms with Crippen molar-refractivity contribution < 1.29 is 18.3 Å². The van der Waals surface area contributed by atoms with Gasteiger partial charge in [-0.25, -0.2) is 13.6 Å². The highest BCUT2D eigenvalue weighted by molar-refractivity contribution is 5.89. The van der Waals surface area contributed by atoms with Crippen LogP contribution in [0.4, 0.5) is 8.78 Å². The number of nitrogens with two attached hydrogens (primary N) is 1. The molecule has 2 N–H and O–H groups in total. The minimum atomic E-state index is -2.78. The van der Waals surface area contributed by atoms with E-state index in [9.17, 15) is 13.6 Å². The van der Waals surface area contributed by atoms with E-state index >= 15 is 0 Å². The van der Waals surface area contributed by atoms with Crippen LogP contribution in [0.25, 0.3) is 0 Å². The van der Waals surface area contributed by atoms with Gasteiger partial charge in [0.2, 0.25) is 0 Å². The van der Waals surface area contributed by atoms with Gasteiger partial charge in [-0.3, -0.25) is 0 Å². The van der Waals surface area contributed by atoms with Crippen molar-refractivity contribution in [1.29, 1.82) is 0 Å². The van der Waals surface area contributed by atoms with E-state index in [-0.39, 0.29) is 18.5 Å². The first kappa shape index (κ1) is 12.0. The number of esters is 1. The number of alkyl halides is 2. The molecule has 0 saturated heterocycles. The number of ether oxygens (including phenoxy) is 1. The standard InChI is InChI=1S/C12H13F2NO2/c1-17-10(16)8-3-2-4-9(5-8)11(7-15)6-12(11,13)14/h2-5H,6-7,15H2,1H3. The Morgan fingerprint density at radius 1 is 1.53 bits per heavy atom. The van der Waals surface area contributed by atoms with Crippen LogP contribution in [-0.4, -0.2) is 25.5 Å².